The van der Waals surface area contributed by atoms with Crippen LogP contribution in [0.15, 0.2) is 0 Å². The summed E-state index contributed by atoms with van der Waals surface area (Å²) < 4.78 is 5.16. The Morgan fingerprint density at radius 2 is 2.38 bits per heavy atom. The van der Waals surface area contributed by atoms with Gasteiger partial charge in [-0.3, -0.25) is 4.79 Å². The Kier molecular flexibility index (Phi) is 6.42. The van der Waals surface area contributed by atoms with Gasteiger partial charge in [-0.1, -0.05) is 6.92 Å². The molecule has 0 aromatic rings. The topological polar surface area (TPSA) is 50.4 Å². The Morgan fingerprint density at radius 3 is 3.06 bits per heavy atom. The van der Waals surface area contributed by atoms with Crippen molar-refractivity contribution in [1.82, 2.24) is 10.6 Å². The number of rotatable bonds is 6. The fourth-order valence-corrected chi connectivity index (χ4v) is 2.07. The van der Waals surface area contributed by atoms with E-state index in [1.165, 1.54) is 12.8 Å². The molecule has 94 valence electrons. The number of hydrogen-bond donors (Lipinski definition) is 2. The van der Waals surface area contributed by atoms with Crippen LogP contribution in [-0.2, 0) is 9.53 Å². The third-order valence-corrected chi connectivity index (χ3v) is 3.11. The van der Waals surface area contributed by atoms with Gasteiger partial charge in [-0.05, 0) is 32.2 Å². The van der Waals surface area contributed by atoms with Gasteiger partial charge in [0.2, 0.25) is 5.91 Å². The van der Waals surface area contributed by atoms with E-state index in [0.717, 1.165) is 6.54 Å². The molecule has 1 amide bonds. The summed E-state index contributed by atoms with van der Waals surface area (Å²) in [6.45, 7) is 7.14. The number of amides is 1. The Balaban J connectivity index is 2.12. The standard InChI is InChI=1S/C12H24N2O2/c1-3-16-8-7-14-12(15)9-11-10(2)5-4-6-13-11/h10-11,13H,3-9H2,1-2H3,(H,14,15). The van der Waals surface area contributed by atoms with Crippen molar-refractivity contribution in [1.29, 1.82) is 0 Å². The van der Waals surface area contributed by atoms with Crippen molar-refractivity contribution in [3.05, 3.63) is 0 Å². The highest BCUT2D eigenvalue weighted by atomic mass is 16.5. The maximum atomic E-state index is 11.6. The molecule has 0 radical (unpaired) electrons. The molecule has 0 aromatic carbocycles. The Morgan fingerprint density at radius 1 is 1.56 bits per heavy atom. The Labute approximate surface area is 98.1 Å². The summed E-state index contributed by atoms with van der Waals surface area (Å²) in [6, 6.07) is 0.348. The van der Waals surface area contributed by atoms with Crippen molar-refractivity contribution in [2.24, 2.45) is 5.92 Å². The highest BCUT2D eigenvalue weighted by Gasteiger charge is 2.22. The molecule has 0 aromatic heterocycles. The van der Waals surface area contributed by atoms with Crippen LogP contribution in [0.2, 0.25) is 0 Å². The molecule has 1 aliphatic rings. The number of carbonyl (C=O) groups is 1. The quantitative estimate of drug-likeness (QED) is 0.665. The van der Waals surface area contributed by atoms with Crippen molar-refractivity contribution in [2.45, 2.75) is 39.2 Å². The highest BCUT2D eigenvalue weighted by molar-refractivity contribution is 5.76. The van der Waals surface area contributed by atoms with Crippen molar-refractivity contribution in [3.63, 3.8) is 0 Å². The number of nitrogens with one attached hydrogen (secondary N) is 2. The Bertz CT molecular complexity index is 209. The molecule has 1 saturated heterocycles. The SMILES string of the molecule is CCOCCNC(=O)CC1NCCCC1C. The molecular formula is C12H24N2O2. The lowest BCUT2D eigenvalue weighted by atomic mass is 9.90. The number of hydrogen-bond acceptors (Lipinski definition) is 3. The van der Waals surface area contributed by atoms with Crippen LogP contribution in [0, 0.1) is 5.92 Å². The molecule has 16 heavy (non-hydrogen) atoms. The zero-order valence-corrected chi connectivity index (χ0v) is 10.4. The molecule has 2 N–H and O–H groups in total. The summed E-state index contributed by atoms with van der Waals surface area (Å²) in [5, 5.41) is 6.29. The lowest BCUT2D eigenvalue weighted by molar-refractivity contribution is -0.122. The number of ether oxygens (including phenoxy) is 1. The van der Waals surface area contributed by atoms with E-state index in [4.69, 9.17) is 4.74 Å². The molecule has 1 aliphatic heterocycles. The molecule has 4 nitrogen and oxygen atoms in total. The van der Waals surface area contributed by atoms with E-state index in [9.17, 15) is 4.79 Å². The number of piperidine rings is 1. The Hall–Kier alpha value is -0.610. The first-order valence-corrected chi connectivity index (χ1v) is 6.32. The van der Waals surface area contributed by atoms with Gasteiger partial charge in [0.1, 0.15) is 0 Å². The largest absolute Gasteiger partial charge is 0.380 e. The predicted octanol–water partition coefficient (Wildman–Crippen LogP) is 0.917. The van der Waals surface area contributed by atoms with Crippen molar-refractivity contribution in [2.75, 3.05) is 26.3 Å². The highest BCUT2D eigenvalue weighted by Crippen LogP contribution is 2.17. The summed E-state index contributed by atoms with van der Waals surface area (Å²) in [5.41, 5.74) is 0. The van der Waals surface area contributed by atoms with Crippen LogP contribution in [-0.4, -0.2) is 38.3 Å². The average Bonchev–Trinajstić information content (AvgIpc) is 2.28. The van der Waals surface area contributed by atoms with Crippen LogP contribution in [0.4, 0.5) is 0 Å². The first-order valence-electron chi connectivity index (χ1n) is 6.32. The molecule has 0 aliphatic carbocycles. The van der Waals surface area contributed by atoms with Gasteiger partial charge in [-0.15, -0.1) is 0 Å². The molecule has 2 atom stereocenters. The molecule has 0 bridgehead atoms. The fourth-order valence-electron chi connectivity index (χ4n) is 2.07. The summed E-state index contributed by atoms with van der Waals surface area (Å²) in [5.74, 6) is 0.734. The molecule has 2 unspecified atom stereocenters. The van der Waals surface area contributed by atoms with Gasteiger partial charge in [0.25, 0.3) is 0 Å². The molecule has 0 saturated carbocycles. The summed E-state index contributed by atoms with van der Waals surface area (Å²) in [6.07, 6.45) is 3.04. The summed E-state index contributed by atoms with van der Waals surface area (Å²) >= 11 is 0. The van der Waals surface area contributed by atoms with Crippen LogP contribution in [0.3, 0.4) is 0 Å². The average molecular weight is 228 g/mol. The van der Waals surface area contributed by atoms with Crippen LogP contribution < -0.4 is 10.6 Å². The molecule has 0 spiro atoms. The summed E-state index contributed by atoms with van der Waals surface area (Å²) in [7, 11) is 0. The van der Waals surface area contributed by atoms with E-state index in [1.54, 1.807) is 0 Å². The maximum absolute atomic E-state index is 11.6. The first kappa shape index (κ1) is 13.5. The zero-order valence-electron chi connectivity index (χ0n) is 10.4. The van der Waals surface area contributed by atoms with E-state index in [0.29, 0.717) is 38.1 Å². The van der Waals surface area contributed by atoms with E-state index in [2.05, 4.69) is 17.6 Å². The van der Waals surface area contributed by atoms with Gasteiger partial charge < -0.3 is 15.4 Å². The molecular weight excluding hydrogens is 204 g/mol. The monoisotopic (exact) mass is 228 g/mol. The van der Waals surface area contributed by atoms with Crippen LogP contribution in [0.5, 0.6) is 0 Å². The van der Waals surface area contributed by atoms with Gasteiger partial charge in [0.15, 0.2) is 0 Å². The van der Waals surface area contributed by atoms with E-state index < -0.39 is 0 Å². The number of carbonyl (C=O) groups excluding carboxylic acids is 1. The third kappa shape index (κ3) is 4.94. The van der Waals surface area contributed by atoms with Crippen molar-refractivity contribution < 1.29 is 9.53 Å². The third-order valence-electron chi connectivity index (χ3n) is 3.11. The second kappa shape index (κ2) is 7.63. The minimum Gasteiger partial charge on any atom is -0.380 e. The smallest absolute Gasteiger partial charge is 0.221 e. The van der Waals surface area contributed by atoms with Gasteiger partial charge in [-0.2, -0.15) is 0 Å². The summed E-state index contributed by atoms with van der Waals surface area (Å²) in [4.78, 5) is 11.6. The van der Waals surface area contributed by atoms with E-state index in [-0.39, 0.29) is 5.91 Å². The molecule has 4 heteroatoms. The van der Waals surface area contributed by atoms with Crippen LogP contribution in [0.25, 0.3) is 0 Å². The normalized spacial score (nSPS) is 25.4. The van der Waals surface area contributed by atoms with Crippen LogP contribution >= 0.6 is 0 Å². The predicted molar refractivity (Wildman–Crippen MR) is 64.3 cm³/mol. The first-order chi connectivity index (χ1) is 7.74. The molecule has 1 rings (SSSR count). The van der Waals surface area contributed by atoms with Gasteiger partial charge in [0, 0.05) is 25.6 Å². The molecule has 1 fully saturated rings. The second-order valence-corrected chi connectivity index (χ2v) is 4.43. The van der Waals surface area contributed by atoms with E-state index >= 15 is 0 Å². The van der Waals surface area contributed by atoms with Gasteiger partial charge in [-0.25, -0.2) is 0 Å². The second-order valence-electron chi connectivity index (χ2n) is 4.43. The van der Waals surface area contributed by atoms with Crippen LogP contribution in [0.1, 0.15) is 33.1 Å². The fraction of sp³-hybridized carbons (Fsp3) is 0.917. The van der Waals surface area contributed by atoms with Crippen molar-refractivity contribution in [3.8, 4) is 0 Å². The van der Waals surface area contributed by atoms with Gasteiger partial charge in [0.05, 0.1) is 6.61 Å². The minimum absolute atomic E-state index is 0.131. The van der Waals surface area contributed by atoms with E-state index in [1.807, 2.05) is 6.92 Å². The van der Waals surface area contributed by atoms with Crippen molar-refractivity contribution >= 4 is 5.91 Å². The minimum atomic E-state index is 0.131. The lowest BCUT2D eigenvalue weighted by Crippen LogP contribution is -2.43. The maximum Gasteiger partial charge on any atom is 0.221 e. The lowest BCUT2D eigenvalue weighted by Gasteiger charge is -2.29. The molecule has 1 heterocycles. The van der Waals surface area contributed by atoms with Gasteiger partial charge >= 0.3 is 0 Å². The zero-order chi connectivity index (χ0) is 11.8.